The maximum atomic E-state index is 12.6. The topological polar surface area (TPSA) is 84.2 Å². The number of anilines is 1. The minimum Gasteiger partial charge on any atom is -0.341 e. The molecule has 2 amide bonds. The van der Waals surface area contributed by atoms with E-state index in [-0.39, 0.29) is 23.6 Å². The lowest BCUT2D eigenvalue weighted by Gasteiger charge is -2.17. The first kappa shape index (κ1) is 21.5. The van der Waals surface area contributed by atoms with Gasteiger partial charge < -0.3 is 4.90 Å². The number of amides is 2. The van der Waals surface area contributed by atoms with Gasteiger partial charge in [-0.25, -0.2) is 4.68 Å². The Labute approximate surface area is 189 Å². The first-order valence-corrected chi connectivity index (χ1v) is 12.0. The fraction of sp³-hybridized carbons (Fsp3) is 0.381. The van der Waals surface area contributed by atoms with Gasteiger partial charge in [-0.2, -0.15) is 5.10 Å². The number of carbonyl (C=O) groups is 2. The van der Waals surface area contributed by atoms with Crippen LogP contribution in [0.2, 0.25) is 0 Å². The number of para-hydroxylation sites is 1. The van der Waals surface area contributed by atoms with Gasteiger partial charge in [-0.1, -0.05) is 48.2 Å². The van der Waals surface area contributed by atoms with Crippen molar-refractivity contribution < 1.29 is 9.59 Å². The van der Waals surface area contributed by atoms with Gasteiger partial charge in [0.1, 0.15) is 0 Å². The van der Waals surface area contributed by atoms with Crippen LogP contribution in [0.4, 0.5) is 5.13 Å². The third-order valence-corrected chi connectivity index (χ3v) is 6.95. The molecule has 0 unspecified atom stereocenters. The first-order chi connectivity index (χ1) is 15.0. The normalized spacial score (nSPS) is 13.2. The lowest BCUT2D eigenvalue weighted by molar-refractivity contribution is -0.127. The van der Waals surface area contributed by atoms with Gasteiger partial charge in [0.25, 0.3) is 0 Å². The number of carbonyl (C=O) groups excluding carboxylic acids is 2. The molecule has 2 aromatic heterocycles. The van der Waals surface area contributed by atoms with Crippen LogP contribution in [0.1, 0.15) is 31.7 Å². The molecular weight excluding hydrogens is 432 g/mol. The van der Waals surface area contributed by atoms with E-state index in [1.165, 1.54) is 23.1 Å². The summed E-state index contributed by atoms with van der Waals surface area (Å²) in [5.41, 5.74) is 1.94. The summed E-state index contributed by atoms with van der Waals surface area (Å²) in [4.78, 5) is 28.2. The smallest absolute Gasteiger partial charge is 0.233 e. The summed E-state index contributed by atoms with van der Waals surface area (Å²) in [6.45, 7) is 2.33. The van der Waals surface area contributed by atoms with Crippen molar-refractivity contribution in [2.75, 3.05) is 17.7 Å². The lowest BCUT2D eigenvalue weighted by Crippen LogP contribution is -2.32. The third-order valence-electron chi connectivity index (χ3n) is 4.91. The number of aromatic nitrogens is 4. The molecule has 162 valence electrons. The molecule has 4 rings (SSSR count). The zero-order valence-electron chi connectivity index (χ0n) is 17.5. The molecular formula is C21H24N6O2S2. The van der Waals surface area contributed by atoms with E-state index in [9.17, 15) is 9.59 Å². The summed E-state index contributed by atoms with van der Waals surface area (Å²) in [7, 11) is 1.78. The predicted octanol–water partition coefficient (Wildman–Crippen LogP) is 3.38. The molecule has 0 atom stereocenters. The Hall–Kier alpha value is -2.72. The van der Waals surface area contributed by atoms with Gasteiger partial charge in [0.15, 0.2) is 4.34 Å². The fourth-order valence-corrected chi connectivity index (χ4v) is 4.96. The van der Waals surface area contributed by atoms with Crippen molar-refractivity contribution in [3.05, 3.63) is 48.3 Å². The van der Waals surface area contributed by atoms with Gasteiger partial charge in [-0.3, -0.25) is 14.5 Å². The second-order valence-electron chi connectivity index (χ2n) is 7.37. The number of nitrogens with zero attached hydrogens (tertiary/aromatic N) is 6. The number of thioether (sulfide) groups is 1. The van der Waals surface area contributed by atoms with Crippen LogP contribution in [-0.2, 0) is 16.1 Å². The highest BCUT2D eigenvalue weighted by atomic mass is 32.2. The molecule has 1 aromatic carbocycles. The van der Waals surface area contributed by atoms with Gasteiger partial charge in [-0.15, -0.1) is 10.2 Å². The molecule has 0 aliphatic heterocycles. The molecule has 2 heterocycles. The van der Waals surface area contributed by atoms with Crippen LogP contribution in [0.5, 0.6) is 0 Å². The number of rotatable bonds is 9. The highest BCUT2D eigenvalue weighted by Gasteiger charge is 2.35. The Morgan fingerprint density at radius 1 is 1.19 bits per heavy atom. The molecule has 1 aliphatic carbocycles. The minimum absolute atomic E-state index is 0.00195. The first-order valence-electron chi connectivity index (χ1n) is 10.2. The van der Waals surface area contributed by atoms with Gasteiger partial charge in [-0.05, 0) is 25.0 Å². The van der Waals surface area contributed by atoms with Crippen LogP contribution in [0.15, 0.2) is 47.1 Å². The molecule has 1 aliphatic rings. The van der Waals surface area contributed by atoms with Crippen LogP contribution in [0, 0.1) is 0 Å². The van der Waals surface area contributed by atoms with E-state index >= 15 is 0 Å². The molecule has 10 heteroatoms. The zero-order chi connectivity index (χ0) is 21.8. The van der Waals surface area contributed by atoms with Gasteiger partial charge in [0.2, 0.25) is 16.9 Å². The average Bonchev–Trinajstić information content (AvgIpc) is 3.32. The summed E-state index contributed by atoms with van der Waals surface area (Å²) in [6, 6.07) is 10.1. The monoisotopic (exact) mass is 456 g/mol. The molecule has 0 bridgehead atoms. The van der Waals surface area contributed by atoms with Gasteiger partial charge >= 0.3 is 0 Å². The Morgan fingerprint density at radius 3 is 2.68 bits per heavy atom. The Balaban J connectivity index is 1.30. The Morgan fingerprint density at radius 2 is 1.97 bits per heavy atom. The quantitative estimate of drug-likeness (QED) is 0.363. The highest BCUT2D eigenvalue weighted by molar-refractivity contribution is 8.01. The molecule has 1 fully saturated rings. The summed E-state index contributed by atoms with van der Waals surface area (Å²) >= 11 is 2.73. The molecule has 0 saturated heterocycles. The van der Waals surface area contributed by atoms with E-state index in [1.54, 1.807) is 27.7 Å². The van der Waals surface area contributed by atoms with Crippen molar-refractivity contribution >= 4 is 40.0 Å². The lowest BCUT2D eigenvalue weighted by atomic mass is 10.3. The van der Waals surface area contributed by atoms with Crippen molar-refractivity contribution in [2.24, 2.45) is 0 Å². The third kappa shape index (κ3) is 5.31. The van der Waals surface area contributed by atoms with Crippen molar-refractivity contribution in [1.29, 1.82) is 0 Å². The zero-order valence-corrected chi connectivity index (χ0v) is 19.1. The molecule has 0 radical (unpaired) electrons. The fourth-order valence-electron chi connectivity index (χ4n) is 3.09. The van der Waals surface area contributed by atoms with Crippen molar-refractivity contribution in [1.82, 2.24) is 24.9 Å². The standard InChI is InChI=1S/C21H24N6O2S2/c1-3-18(28)27(17-9-10-17)20-23-24-21(31-20)30-14-19(29)25(2)12-15-11-22-26(13-15)16-7-5-4-6-8-16/h4-8,11,13,17H,3,9-10,12,14H2,1-2H3. The van der Waals surface area contributed by atoms with Crippen LogP contribution in [-0.4, -0.2) is 55.5 Å². The van der Waals surface area contributed by atoms with Crippen LogP contribution < -0.4 is 4.90 Å². The summed E-state index contributed by atoms with van der Waals surface area (Å²) in [6.07, 6.45) is 6.18. The molecule has 31 heavy (non-hydrogen) atoms. The van der Waals surface area contributed by atoms with Gasteiger partial charge in [0, 0.05) is 37.8 Å². The van der Waals surface area contributed by atoms with Crippen LogP contribution in [0.3, 0.4) is 0 Å². The Bertz CT molecular complexity index is 1050. The predicted molar refractivity (Wildman–Crippen MR) is 121 cm³/mol. The largest absolute Gasteiger partial charge is 0.341 e. The number of hydrogen-bond donors (Lipinski definition) is 0. The minimum atomic E-state index is -0.00195. The second-order valence-corrected chi connectivity index (χ2v) is 9.54. The highest BCUT2D eigenvalue weighted by Crippen LogP contribution is 2.36. The number of benzene rings is 1. The van der Waals surface area contributed by atoms with E-state index in [2.05, 4.69) is 15.3 Å². The van der Waals surface area contributed by atoms with Crippen molar-refractivity contribution in [3.8, 4) is 5.69 Å². The van der Waals surface area contributed by atoms with E-state index in [0.29, 0.717) is 22.4 Å². The summed E-state index contributed by atoms with van der Waals surface area (Å²) in [5.74, 6) is 0.336. The van der Waals surface area contributed by atoms with Crippen LogP contribution >= 0.6 is 23.1 Å². The molecule has 0 N–H and O–H groups in total. The SMILES string of the molecule is CCC(=O)N(c1nnc(SCC(=O)N(C)Cc2cnn(-c3ccccc3)c2)s1)C1CC1. The van der Waals surface area contributed by atoms with E-state index in [4.69, 9.17) is 0 Å². The van der Waals surface area contributed by atoms with Crippen molar-refractivity contribution in [3.63, 3.8) is 0 Å². The second kappa shape index (κ2) is 9.61. The maximum Gasteiger partial charge on any atom is 0.233 e. The van der Waals surface area contributed by atoms with E-state index in [0.717, 1.165) is 24.1 Å². The molecule has 0 spiro atoms. The van der Waals surface area contributed by atoms with Crippen molar-refractivity contribution in [2.45, 2.75) is 43.1 Å². The van der Waals surface area contributed by atoms with Crippen LogP contribution in [0.25, 0.3) is 5.69 Å². The van der Waals surface area contributed by atoms with E-state index < -0.39 is 0 Å². The van der Waals surface area contributed by atoms with Gasteiger partial charge in [0.05, 0.1) is 17.6 Å². The van der Waals surface area contributed by atoms with E-state index in [1.807, 2.05) is 43.5 Å². The molecule has 8 nitrogen and oxygen atoms in total. The Kier molecular flexibility index (Phi) is 6.67. The summed E-state index contributed by atoms with van der Waals surface area (Å²) < 4.78 is 2.50. The molecule has 3 aromatic rings. The number of hydrogen-bond acceptors (Lipinski definition) is 7. The molecule has 1 saturated carbocycles. The maximum absolute atomic E-state index is 12.6. The summed E-state index contributed by atoms with van der Waals surface area (Å²) in [5, 5.41) is 13.4. The average molecular weight is 457 g/mol.